The SMILES string of the molecule is Cc1c(NC(=O)OCC2c3ccccc3-c3ccccc32)cc(C(=O)O)cc1[B-](F)(F)F. The van der Waals surface area contributed by atoms with E-state index < -0.39 is 30.1 Å². The Morgan fingerprint density at radius 3 is 2.09 bits per heavy atom. The van der Waals surface area contributed by atoms with Gasteiger partial charge in [-0.2, -0.15) is 0 Å². The van der Waals surface area contributed by atoms with Crippen molar-refractivity contribution in [3.8, 4) is 11.1 Å². The Kier molecular flexibility index (Phi) is 5.42. The van der Waals surface area contributed by atoms with E-state index in [0.29, 0.717) is 6.07 Å². The van der Waals surface area contributed by atoms with Crippen LogP contribution in [0.15, 0.2) is 60.7 Å². The van der Waals surface area contributed by atoms with Gasteiger partial charge in [-0.25, -0.2) is 9.59 Å². The molecule has 164 valence electrons. The van der Waals surface area contributed by atoms with Gasteiger partial charge in [-0.05, 0) is 35.2 Å². The number of fused-ring (bicyclic) bond motifs is 3. The smallest absolute Gasteiger partial charge is 0.478 e. The van der Waals surface area contributed by atoms with Crippen molar-refractivity contribution < 1.29 is 32.4 Å². The van der Waals surface area contributed by atoms with Crippen LogP contribution in [-0.2, 0) is 4.74 Å². The first-order valence-corrected chi connectivity index (χ1v) is 9.86. The van der Waals surface area contributed by atoms with Gasteiger partial charge in [0.05, 0.1) is 5.56 Å². The molecule has 4 rings (SSSR count). The standard InChI is InChI=1S/C23H18BF3NO4/c1-13-20(24(25,26)27)10-14(22(29)30)11-21(13)28-23(31)32-12-19-17-8-4-2-6-15(17)16-7-3-5-9-18(16)19/h2-11,19H,12H2,1H3,(H,28,31)(H,29,30)/q-1. The van der Waals surface area contributed by atoms with Crippen molar-refractivity contribution in [1.29, 1.82) is 0 Å². The molecule has 1 aliphatic carbocycles. The summed E-state index contributed by atoms with van der Waals surface area (Å²) in [6.45, 7) is -4.31. The van der Waals surface area contributed by atoms with Crippen molar-refractivity contribution in [2.24, 2.45) is 0 Å². The van der Waals surface area contributed by atoms with Gasteiger partial charge in [0, 0.05) is 11.6 Å². The number of anilines is 1. The van der Waals surface area contributed by atoms with Crippen LogP contribution in [0.1, 0.15) is 33.0 Å². The largest absolute Gasteiger partial charge is 0.509 e. The second kappa shape index (κ2) is 8.07. The number of hydrogen-bond acceptors (Lipinski definition) is 3. The Hall–Kier alpha value is -3.75. The molecule has 1 amide bonds. The number of benzene rings is 3. The van der Waals surface area contributed by atoms with Crippen LogP contribution in [0.3, 0.4) is 0 Å². The molecule has 0 heterocycles. The Labute approximate surface area is 181 Å². The number of halogens is 3. The van der Waals surface area contributed by atoms with Gasteiger partial charge in [-0.15, -0.1) is 5.46 Å². The predicted octanol–water partition coefficient (Wildman–Crippen LogP) is 5.11. The van der Waals surface area contributed by atoms with Gasteiger partial charge in [0.25, 0.3) is 0 Å². The minimum atomic E-state index is -5.46. The summed E-state index contributed by atoms with van der Waals surface area (Å²) in [7, 11) is 0. The maximum atomic E-state index is 13.4. The fourth-order valence-electron chi connectivity index (χ4n) is 4.07. The lowest BCUT2D eigenvalue weighted by atomic mass is 9.76. The molecule has 0 bridgehead atoms. The Balaban J connectivity index is 1.56. The quantitative estimate of drug-likeness (QED) is 0.541. The molecule has 0 atom stereocenters. The molecule has 5 nitrogen and oxygen atoms in total. The van der Waals surface area contributed by atoms with Crippen LogP contribution < -0.4 is 10.8 Å². The summed E-state index contributed by atoms with van der Waals surface area (Å²) in [5.74, 6) is -1.74. The molecule has 0 fully saturated rings. The number of carbonyl (C=O) groups is 2. The molecule has 0 radical (unpaired) electrons. The third kappa shape index (κ3) is 3.93. The van der Waals surface area contributed by atoms with E-state index in [-0.39, 0.29) is 23.8 Å². The normalized spacial score (nSPS) is 12.8. The van der Waals surface area contributed by atoms with Crippen LogP contribution in [0, 0.1) is 6.92 Å². The minimum Gasteiger partial charge on any atom is -0.478 e. The number of hydrogen-bond donors (Lipinski definition) is 2. The number of carboxylic acid groups (broad SMARTS) is 1. The second-order valence-corrected chi connectivity index (χ2v) is 7.57. The lowest BCUT2D eigenvalue weighted by molar-refractivity contribution is 0.0697. The lowest BCUT2D eigenvalue weighted by Gasteiger charge is -2.22. The molecule has 0 unspecified atom stereocenters. The lowest BCUT2D eigenvalue weighted by Crippen LogP contribution is -2.37. The number of carboxylic acids is 1. The first kappa shape index (κ1) is 21.5. The van der Waals surface area contributed by atoms with E-state index in [0.717, 1.165) is 28.3 Å². The summed E-state index contributed by atoms with van der Waals surface area (Å²) < 4.78 is 45.5. The van der Waals surface area contributed by atoms with Gasteiger partial charge < -0.3 is 22.8 Å². The average molecular weight is 440 g/mol. The van der Waals surface area contributed by atoms with E-state index in [9.17, 15) is 22.5 Å². The topological polar surface area (TPSA) is 75.6 Å². The van der Waals surface area contributed by atoms with Gasteiger partial charge in [-0.1, -0.05) is 60.2 Å². The number of ether oxygens (including phenoxy) is 1. The van der Waals surface area contributed by atoms with Crippen LogP contribution in [-0.4, -0.2) is 30.8 Å². The number of aromatic carboxylic acids is 1. The summed E-state index contributed by atoms with van der Waals surface area (Å²) in [5, 5.41) is 11.4. The molecule has 2 N–H and O–H groups in total. The maximum absolute atomic E-state index is 13.4. The number of amides is 1. The number of rotatable bonds is 5. The zero-order chi connectivity index (χ0) is 23.0. The van der Waals surface area contributed by atoms with Crippen LogP contribution in [0.2, 0.25) is 0 Å². The van der Waals surface area contributed by atoms with Crippen molar-refractivity contribution in [2.45, 2.75) is 12.8 Å². The summed E-state index contributed by atoms with van der Waals surface area (Å²) in [4.78, 5) is 23.7. The van der Waals surface area contributed by atoms with E-state index in [1.165, 1.54) is 6.92 Å². The predicted molar refractivity (Wildman–Crippen MR) is 116 cm³/mol. The molecule has 32 heavy (non-hydrogen) atoms. The van der Waals surface area contributed by atoms with Gasteiger partial charge in [-0.3, -0.25) is 5.32 Å². The first-order chi connectivity index (χ1) is 15.2. The van der Waals surface area contributed by atoms with Crippen LogP contribution >= 0.6 is 0 Å². The molecule has 0 aromatic heterocycles. The van der Waals surface area contributed by atoms with Gasteiger partial charge in [0.15, 0.2) is 0 Å². The highest BCUT2D eigenvalue weighted by atomic mass is 19.4. The summed E-state index contributed by atoms with van der Waals surface area (Å²) in [5.41, 5.74) is 1.91. The Bertz CT molecular complexity index is 1180. The number of nitrogens with one attached hydrogen (secondary N) is 1. The van der Waals surface area contributed by atoms with E-state index in [2.05, 4.69) is 5.32 Å². The molecule has 3 aromatic rings. The second-order valence-electron chi connectivity index (χ2n) is 7.57. The van der Waals surface area contributed by atoms with Gasteiger partial charge >= 0.3 is 19.0 Å². The monoisotopic (exact) mass is 440 g/mol. The molecule has 0 spiro atoms. The zero-order valence-corrected chi connectivity index (χ0v) is 16.9. The molecule has 0 aliphatic heterocycles. The Morgan fingerprint density at radius 1 is 1.00 bits per heavy atom. The number of carbonyl (C=O) groups excluding carboxylic acids is 1. The van der Waals surface area contributed by atoms with Crippen molar-refractivity contribution in [3.63, 3.8) is 0 Å². The highest BCUT2D eigenvalue weighted by Crippen LogP contribution is 2.44. The molecular weight excluding hydrogens is 422 g/mol. The Morgan fingerprint density at radius 2 is 1.56 bits per heavy atom. The molecule has 9 heteroatoms. The third-order valence-corrected chi connectivity index (χ3v) is 5.63. The highest BCUT2D eigenvalue weighted by molar-refractivity contribution is 6.74. The molecule has 0 saturated heterocycles. The summed E-state index contributed by atoms with van der Waals surface area (Å²) in [6, 6.07) is 17.0. The van der Waals surface area contributed by atoms with Crippen LogP contribution in [0.4, 0.5) is 23.4 Å². The fraction of sp³-hybridized carbons (Fsp3) is 0.130. The van der Waals surface area contributed by atoms with Crippen LogP contribution in [0.25, 0.3) is 11.1 Å². The van der Waals surface area contributed by atoms with E-state index in [1.807, 2.05) is 48.5 Å². The zero-order valence-electron chi connectivity index (χ0n) is 16.9. The van der Waals surface area contributed by atoms with Crippen molar-refractivity contribution in [1.82, 2.24) is 0 Å². The van der Waals surface area contributed by atoms with E-state index in [1.54, 1.807) is 0 Å². The first-order valence-electron chi connectivity index (χ1n) is 9.86. The molecular formula is C23H18BF3NO4-. The molecule has 0 saturated carbocycles. The van der Waals surface area contributed by atoms with Crippen molar-refractivity contribution in [2.75, 3.05) is 11.9 Å². The summed E-state index contributed by atoms with van der Waals surface area (Å²) in [6.07, 6.45) is -0.960. The maximum Gasteiger partial charge on any atom is 0.509 e. The minimum absolute atomic E-state index is 0.0202. The van der Waals surface area contributed by atoms with Crippen molar-refractivity contribution in [3.05, 3.63) is 82.9 Å². The van der Waals surface area contributed by atoms with E-state index in [4.69, 9.17) is 9.84 Å². The average Bonchev–Trinajstić information content (AvgIpc) is 3.06. The van der Waals surface area contributed by atoms with Crippen LogP contribution in [0.5, 0.6) is 0 Å². The highest BCUT2D eigenvalue weighted by Gasteiger charge is 2.31. The van der Waals surface area contributed by atoms with E-state index >= 15 is 0 Å². The molecule has 1 aliphatic rings. The van der Waals surface area contributed by atoms with Crippen molar-refractivity contribution >= 4 is 30.2 Å². The molecule has 3 aromatic carbocycles. The third-order valence-electron chi connectivity index (χ3n) is 5.63. The fourth-order valence-corrected chi connectivity index (χ4v) is 4.07. The summed E-state index contributed by atoms with van der Waals surface area (Å²) >= 11 is 0. The van der Waals surface area contributed by atoms with Gasteiger partial charge in [0.2, 0.25) is 0 Å². The van der Waals surface area contributed by atoms with Gasteiger partial charge in [0.1, 0.15) is 6.61 Å².